The predicted octanol–water partition coefficient (Wildman–Crippen LogP) is 28.8. The Morgan fingerprint density at radius 1 is 0.246 bits per heavy atom. The van der Waals surface area contributed by atoms with Crippen LogP contribution < -0.4 is 18.9 Å². The Morgan fingerprint density at radius 3 is 0.648 bits per heavy atom. The maximum absolute atomic E-state index is 15.0. The van der Waals surface area contributed by atoms with E-state index in [2.05, 4.69) is 50.5 Å². The molecule has 0 N–H and O–H groups in total. The molecule has 0 unspecified atom stereocenters. The molecule has 0 fully saturated rings. The highest BCUT2D eigenvalue weighted by molar-refractivity contribution is 7.99. The van der Waals surface area contributed by atoms with Crippen LogP contribution in [0.4, 0.5) is 114 Å². The van der Waals surface area contributed by atoms with Gasteiger partial charge < -0.3 is 18.9 Å². The molecular weight excluding hydrogens is 1820 g/mol. The summed E-state index contributed by atoms with van der Waals surface area (Å²) in [6, 6.07) is 15.5. The van der Waals surface area contributed by atoms with Crippen LogP contribution in [0.25, 0.3) is 0 Å². The van der Waals surface area contributed by atoms with Gasteiger partial charge in [-0.15, -0.1) is 0 Å². The quantitative estimate of drug-likeness (QED) is 0.0174. The molecular formula is C84H110F26O4S8. The number of benzene rings is 4. The predicted molar refractivity (Wildman–Crippen MR) is 453 cm³/mol. The lowest BCUT2D eigenvalue weighted by molar-refractivity contribution is -0.208. The molecule has 4 aromatic carbocycles. The van der Waals surface area contributed by atoms with E-state index in [9.17, 15) is 96.6 Å². The van der Waals surface area contributed by atoms with Crippen LogP contribution in [0, 0.1) is 0 Å². The second-order valence-electron chi connectivity index (χ2n) is 31.6. The molecule has 1 aliphatic rings. The van der Waals surface area contributed by atoms with Crippen LogP contribution in [-0.2, 0) is 51.4 Å². The number of fused-ring (bicyclic) bond motifs is 8. The van der Waals surface area contributed by atoms with Crippen LogP contribution >= 0.6 is 97.6 Å². The molecule has 0 atom stereocenters. The number of halogens is 26. The van der Waals surface area contributed by atoms with Gasteiger partial charge in [-0.1, -0.05) is 48.5 Å². The first kappa shape index (κ1) is 110. The summed E-state index contributed by atoms with van der Waals surface area (Å²) in [5, 5.41) is 0. The molecule has 4 nitrogen and oxygen atoms in total. The summed E-state index contributed by atoms with van der Waals surface area (Å²) in [6.45, 7) is 0.985. The second kappa shape index (κ2) is 50.5. The fourth-order valence-corrected chi connectivity index (χ4v) is 18.6. The van der Waals surface area contributed by atoms with Crippen molar-refractivity contribution in [3.8, 4) is 23.0 Å². The van der Waals surface area contributed by atoms with Crippen LogP contribution in [0.2, 0.25) is 0 Å². The Balaban J connectivity index is 1.75. The Hall–Kier alpha value is -2.94. The van der Waals surface area contributed by atoms with Crippen molar-refractivity contribution in [3.63, 3.8) is 0 Å². The molecule has 0 aromatic heterocycles. The normalized spacial score (nSPS) is 14.0. The zero-order valence-electron chi connectivity index (χ0n) is 68.0. The van der Waals surface area contributed by atoms with Crippen LogP contribution in [0.15, 0.2) is 48.5 Å². The van der Waals surface area contributed by atoms with Crippen LogP contribution in [0.1, 0.15) is 222 Å². The summed E-state index contributed by atoms with van der Waals surface area (Å²) < 4.78 is 393. The van der Waals surface area contributed by atoms with E-state index < -0.39 is 149 Å². The van der Waals surface area contributed by atoms with Gasteiger partial charge in [0.15, 0.2) is 0 Å². The van der Waals surface area contributed by atoms with Crippen molar-refractivity contribution in [3.05, 3.63) is 115 Å². The minimum absolute atomic E-state index is 0.0442. The standard InChI is InChI=1S/C84H110F26O4S8/c1-73(85,86)49-79(97,98)53-77(93,94)19-35-121-31-5-15-59-41-65-46-63-39-57(13-3-29-119-33-7-17-75(89,90)51-81(101,102)55-83(105,106)107)37-61(69(63)111-21-9-25-115)45-62-38-58(14-4-30-120-34-8-18-76(91,92)52-82(103,104)56-84(108,109)110)40-64(70(62)112-22-10-26-116)47-66-42-60(16-6-32-122-36-20-78(95,96)54-80(99,100)50-74(2,87)88)44-68(72(66)114-24-12-28-118)48-67(43-59)71(65)113-23-11-27-117/h37-44,115-118H,3-36,45-56H2,1-2H3. The lowest BCUT2D eigenvalue weighted by Crippen LogP contribution is -2.34. The average molecular weight is 1930 g/mol. The molecule has 122 heavy (non-hydrogen) atoms. The van der Waals surface area contributed by atoms with E-state index >= 15 is 17.6 Å². The number of hydrogen-bond acceptors (Lipinski definition) is 12. The number of thioether (sulfide) groups is 4. The summed E-state index contributed by atoms with van der Waals surface area (Å²) in [7, 11) is 0. The van der Waals surface area contributed by atoms with Gasteiger partial charge in [0, 0.05) is 51.4 Å². The van der Waals surface area contributed by atoms with E-state index in [0.29, 0.717) is 179 Å². The van der Waals surface area contributed by atoms with Gasteiger partial charge in [-0.25, -0.2) is 87.8 Å². The molecule has 0 saturated heterocycles. The fourth-order valence-electron chi connectivity index (χ4n) is 14.3. The van der Waals surface area contributed by atoms with Crippen molar-refractivity contribution in [1.29, 1.82) is 0 Å². The van der Waals surface area contributed by atoms with Crippen molar-refractivity contribution in [1.82, 2.24) is 0 Å². The Bertz CT molecular complexity index is 3510. The van der Waals surface area contributed by atoms with Crippen molar-refractivity contribution in [2.45, 2.75) is 278 Å². The van der Waals surface area contributed by atoms with Crippen LogP contribution in [-0.4, -0.2) is 167 Å². The van der Waals surface area contributed by atoms with E-state index in [1.807, 2.05) is 48.5 Å². The molecule has 1 aliphatic carbocycles. The molecule has 0 aliphatic heterocycles. The zero-order chi connectivity index (χ0) is 91.1. The van der Waals surface area contributed by atoms with E-state index in [1.165, 1.54) is 23.5 Å². The van der Waals surface area contributed by atoms with Crippen molar-refractivity contribution in [2.75, 3.05) is 95.5 Å². The first-order valence-electron chi connectivity index (χ1n) is 40.4. The topological polar surface area (TPSA) is 36.9 Å². The van der Waals surface area contributed by atoms with E-state index in [0.717, 1.165) is 45.8 Å². The molecule has 0 spiro atoms. The maximum Gasteiger partial charge on any atom is 0.394 e. The summed E-state index contributed by atoms with van der Waals surface area (Å²) in [4.78, 5) is 0. The monoisotopic (exact) mass is 1930 g/mol. The third kappa shape index (κ3) is 45.1. The van der Waals surface area contributed by atoms with Crippen molar-refractivity contribution >= 4 is 97.6 Å². The zero-order valence-corrected chi connectivity index (χ0v) is 74.9. The van der Waals surface area contributed by atoms with E-state index in [-0.39, 0.29) is 113 Å². The molecule has 0 heterocycles. The number of hydrogen-bond donors (Lipinski definition) is 4. The van der Waals surface area contributed by atoms with Gasteiger partial charge in [0.25, 0.3) is 59.2 Å². The van der Waals surface area contributed by atoms with Crippen molar-refractivity contribution < 1.29 is 133 Å². The highest BCUT2D eigenvalue weighted by Crippen LogP contribution is 2.48. The van der Waals surface area contributed by atoms with Gasteiger partial charge >= 0.3 is 12.4 Å². The lowest BCUT2D eigenvalue weighted by atomic mass is 9.87. The molecule has 8 bridgehead atoms. The van der Waals surface area contributed by atoms with Gasteiger partial charge in [-0.2, -0.15) is 124 Å². The smallest absolute Gasteiger partial charge is 0.394 e. The number of ether oxygens (including phenoxy) is 4. The summed E-state index contributed by atoms with van der Waals surface area (Å²) in [6.07, 6.45) is -29.0. The number of thiol groups is 4. The third-order valence-corrected chi connectivity index (χ3v) is 24.7. The Kier molecular flexibility index (Phi) is 45.3. The largest absolute Gasteiger partial charge is 0.493 e. The SMILES string of the molecule is CC(F)(F)CC(F)(F)CC(F)(F)CCSCCCc1cc2c(OCCCS)c(c1)Cc1cc(CCCSCCC(F)(F)CC(F)(F)CC(C)(F)F)cc(c1OCCCS)Cc1cc(CCCSCCCC(F)(F)CC(F)(F)CC(F)(F)F)cc(c1OCCCS)Cc1cc(CCCSCCCC(F)(F)CC(F)(F)CC(F)(F)F)cc(c1OCCCS)C2. The molecule has 5 rings (SSSR count). The van der Waals surface area contributed by atoms with E-state index in [1.54, 1.807) is 0 Å². The van der Waals surface area contributed by atoms with Crippen LogP contribution in [0.3, 0.4) is 0 Å². The van der Waals surface area contributed by atoms with Gasteiger partial charge in [-0.3, -0.25) is 0 Å². The highest BCUT2D eigenvalue weighted by Gasteiger charge is 2.53. The van der Waals surface area contributed by atoms with Crippen molar-refractivity contribution in [2.24, 2.45) is 0 Å². The molecule has 700 valence electrons. The van der Waals surface area contributed by atoms with Gasteiger partial charge in [0.1, 0.15) is 35.8 Å². The molecule has 0 radical (unpaired) electrons. The molecule has 38 heteroatoms. The minimum atomic E-state index is -5.38. The Morgan fingerprint density at radius 2 is 0.443 bits per heavy atom. The summed E-state index contributed by atoms with van der Waals surface area (Å²) in [5.41, 5.74) is 7.97. The van der Waals surface area contributed by atoms with Gasteiger partial charge in [-0.05, 0) is 240 Å². The number of rotatable bonds is 60. The first-order valence-corrected chi connectivity index (χ1v) is 47.5. The molecule has 0 saturated carbocycles. The summed E-state index contributed by atoms with van der Waals surface area (Å²) >= 11 is 22.6. The number of aryl methyl sites for hydroxylation is 4. The molecule has 0 amide bonds. The number of alkyl halides is 26. The van der Waals surface area contributed by atoms with Crippen LogP contribution in [0.5, 0.6) is 23.0 Å². The molecule has 4 aromatic rings. The lowest BCUT2D eigenvalue weighted by Gasteiger charge is -2.25. The fraction of sp³-hybridized carbons (Fsp3) is 0.714. The highest BCUT2D eigenvalue weighted by atomic mass is 32.2. The third-order valence-electron chi connectivity index (χ3n) is 19.0. The van der Waals surface area contributed by atoms with E-state index in [4.69, 9.17) is 18.9 Å². The minimum Gasteiger partial charge on any atom is -0.493 e. The van der Waals surface area contributed by atoms with Gasteiger partial charge in [0.2, 0.25) is 0 Å². The summed E-state index contributed by atoms with van der Waals surface area (Å²) in [5.74, 6) is -38.1. The first-order chi connectivity index (χ1) is 56.6. The second-order valence-corrected chi connectivity index (χ2v) is 38.3. The van der Waals surface area contributed by atoms with Gasteiger partial charge in [0.05, 0.1) is 65.0 Å². The Labute approximate surface area is 737 Å². The average Bonchev–Trinajstić information content (AvgIpc) is 0.769. The maximum atomic E-state index is 15.0.